The number of primary amides is 1. The van der Waals surface area contributed by atoms with Crippen LogP contribution in [0.2, 0.25) is 0 Å². The number of ether oxygens (including phenoxy) is 1. The highest BCUT2D eigenvalue weighted by Gasteiger charge is 2.26. The molecule has 4 amide bonds. The third kappa shape index (κ3) is 9.94. The first-order valence-corrected chi connectivity index (χ1v) is 10.2. The summed E-state index contributed by atoms with van der Waals surface area (Å²) in [6, 6.07) is 4.96. The maximum Gasteiger partial charge on any atom is 0.312 e. The molecule has 0 saturated heterocycles. The fourth-order valence-electron chi connectivity index (χ4n) is 2.91. The molecule has 1 aromatic rings. The molecule has 1 aromatic carbocycles. The Balaban J connectivity index is 2.80. The minimum absolute atomic E-state index is 0.0370. The first-order valence-electron chi connectivity index (χ1n) is 10.2. The number of urea groups is 1. The van der Waals surface area contributed by atoms with Gasteiger partial charge in [0.15, 0.2) is 0 Å². The number of likely N-dealkylation sites (N-methyl/N-ethyl adjacent to an activating group) is 1. The number of nitrogens with one attached hydrogen (secondary N) is 4. The number of nitrogens with two attached hydrogens (primary N) is 1. The van der Waals surface area contributed by atoms with Crippen LogP contribution in [0.4, 0.5) is 10.5 Å². The van der Waals surface area contributed by atoms with Crippen molar-refractivity contribution in [3.63, 3.8) is 0 Å². The van der Waals surface area contributed by atoms with Crippen molar-refractivity contribution < 1.29 is 23.9 Å². The van der Waals surface area contributed by atoms with Crippen molar-refractivity contribution >= 4 is 29.5 Å². The largest absolute Gasteiger partial charge is 0.461 e. The molecule has 0 saturated carbocycles. The van der Waals surface area contributed by atoms with Crippen molar-refractivity contribution in [1.29, 1.82) is 0 Å². The Morgan fingerprint density at radius 1 is 1.06 bits per heavy atom. The molecule has 6 N–H and O–H groups in total. The molecule has 0 fully saturated rings. The molecule has 1 unspecified atom stereocenters. The van der Waals surface area contributed by atoms with Gasteiger partial charge in [-0.05, 0) is 43.5 Å². The molecule has 0 aromatic heterocycles. The molecular formula is C21H33N5O5. The van der Waals surface area contributed by atoms with Crippen LogP contribution in [0.5, 0.6) is 0 Å². The number of hydrogen-bond acceptors (Lipinski definition) is 6. The lowest BCUT2D eigenvalue weighted by molar-refractivity contribution is -0.142. The summed E-state index contributed by atoms with van der Waals surface area (Å²) in [4.78, 5) is 47.2. The van der Waals surface area contributed by atoms with E-state index in [0.29, 0.717) is 25.1 Å². The van der Waals surface area contributed by atoms with Crippen molar-refractivity contribution in [2.45, 2.75) is 52.3 Å². The Morgan fingerprint density at radius 3 is 2.23 bits per heavy atom. The summed E-state index contributed by atoms with van der Waals surface area (Å²) in [5.41, 5.74) is 6.38. The van der Waals surface area contributed by atoms with E-state index >= 15 is 0 Å². The number of anilines is 1. The summed E-state index contributed by atoms with van der Waals surface area (Å²) in [6.45, 7) is 5.59. The van der Waals surface area contributed by atoms with Gasteiger partial charge in [-0.15, -0.1) is 0 Å². The molecule has 0 aliphatic heterocycles. The second kappa shape index (κ2) is 13.2. The number of carbonyl (C=O) groups excluding carboxylic acids is 4. The standard InChI is InChI=1S/C21H33N5O5/c1-13(2)18(23-4)20(29)26-17(6-5-11-24-21(22)30)19(28)25-16-9-7-15(8-10-16)12-31-14(3)27/h7-10,13,17-18,23H,5-6,11-12H2,1-4H3,(H,25,28)(H,26,29)(H3,22,24,30)/t17?,18-/m0/s1. The van der Waals surface area contributed by atoms with E-state index < -0.39 is 18.1 Å². The number of esters is 1. The molecule has 172 valence electrons. The van der Waals surface area contributed by atoms with Crippen LogP contribution in [0.25, 0.3) is 0 Å². The van der Waals surface area contributed by atoms with E-state index in [1.165, 1.54) is 6.92 Å². The quantitative estimate of drug-likeness (QED) is 0.243. The van der Waals surface area contributed by atoms with Crippen LogP contribution in [0, 0.1) is 5.92 Å². The molecular weight excluding hydrogens is 402 g/mol. The third-order valence-electron chi connectivity index (χ3n) is 4.53. The highest BCUT2D eigenvalue weighted by atomic mass is 16.5. The van der Waals surface area contributed by atoms with E-state index in [1.54, 1.807) is 31.3 Å². The van der Waals surface area contributed by atoms with Crippen LogP contribution >= 0.6 is 0 Å². The number of benzene rings is 1. The molecule has 1 rings (SSSR count). The van der Waals surface area contributed by atoms with E-state index in [0.717, 1.165) is 5.56 Å². The maximum atomic E-state index is 12.8. The number of hydrogen-bond donors (Lipinski definition) is 5. The van der Waals surface area contributed by atoms with E-state index in [4.69, 9.17) is 10.5 Å². The monoisotopic (exact) mass is 435 g/mol. The Morgan fingerprint density at radius 2 is 1.71 bits per heavy atom. The minimum atomic E-state index is -0.794. The van der Waals surface area contributed by atoms with Crippen molar-refractivity contribution in [3.05, 3.63) is 29.8 Å². The molecule has 0 heterocycles. The van der Waals surface area contributed by atoms with Crippen LogP contribution in [0.3, 0.4) is 0 Å². The third-order valence-corrected chi connectivity index (χ3v) is 4.53. The summed E-state index contributed by atoms with van der Waals surface area (Å²) in [6.07, 6.45) is 0.769. The highest BCUT2D eigenvalue weighted by molar-refractivity contribution is 5.97. The topological polar surface area (TPSA) is 152 Å². The predicted octanol–water partition coefficient (Wildman–Crippen LogP) is 0.866. The zero-order chi connectivity index (χ0) is 23.4. The van der Waals surface area contributed by atoms with Gasteiger partial charge in [-0.2, -0.15) is 0 Å². The van der Waals surface area contributed by atoms with Gasteiger partial charge in [0.05, 0.1) is 6.04 Å². The maximum absolute atomic E-state index is 12.8. The summed E-state index contributed by atoms with van der Waals surface area (Å²) < 4.78 is 4.94. The molecule has 10 nitrogen and oxygen atoms in total. The average Bonchev–Trinajstić information content (AvgIpc) is 2.69. The zero-order valence-corrected chi connectivity index (χ0v) is 18.5. The van der Waals surface area contributed by atoms with Gasteiger partial charge in [0.1, 0.15) is 12.6 Å². The lowest BCUT2D eigenvalue weighted by atomic mass is 10.0. The molecule has 0 spiro atoms. The van der Waals surface area contributed by atoms with E-state index in [2.05, 4.69) is 21.3 Å². The summed E-state index contributed by atoms with van der Waals surface area (Å²) in [5.74, 6) is -0.992. The van der Waals surface area contributed by atoms with E-state index in [-0.39, 0.29) is 30.3 Å². The van der Waals surface area contributed by atoms with Crippen molar-refractivity contribution in [2.75, 3.05) is 18.9 Å². The molecule has 0 bridgehead atoms. The average molecular weight is 436 g/mol. The second-order valence-corrected chi connectivity index (χ2v) is 7.47. The van der Waals surface area contributed by atoms with Crippen molar-refractivity contribution in [2.24, 2.45) is 11.7 Å². The van der Waals surface area contributed by atoms with Crippen LogP contribution < -0.4 is 27.0 Å². The zero-order valence-electron chi connectivity index (χ0n) is 18.5. The van der Waals surface area contributed by atoms with E-state index in [1.807, 2.05) is 13.8 Å². The highest BCUT2D eigenvalue weighted by Crippen LogP contribution is 2.12. The SMILES string of the molecule is CN[C@H](C(=O)NC(CCCNC(N)=O)C(=O)Nc1ccc(COC(C)=O)cc1)C(C)C. The lowest BCUT2D eigenvalue weighted by Gasteiger charge is -2.24. The predicted molar refractivity (Wildman–Crippen MR) is 117 cm³/mol. The van der Waals surface area contributed by atoms with Crippen LogP contribution in [-0.2, 0) is 25.7 Å². The van der Waals surface area contributed by atoms with Gasteiger partial charge in [0.2, 0.25) is 11.8 Å². The fraction of sp³-hybridized carbons (Fsp3) is 0.524. The van der Waals surface area contributed by atoms with Gasteiger partial charge in [0, 0.05) is 19.2 Å². The van der Waals surface area contributed by atoms with Crippen LogP contribution in [0.1, 0.15) is 39.2 Å². The second-order valence-electron chi connectivity index (χ2n) is 7.47. The summed E-state index contributed by atoms with van der Waals surface area (Å²) in [7, 11) is 1.69. The van der Waals surface area contributed by atoms with Gasteiger partial charge < -0.3 is 31.7 Å². The molecule has 0 aliphatic rings. The smallest absolute Gasteiger partial charge is 0.312 e. The minimum Gasteiger partial charge on any atom is -0.461 e. The van der Waals surface area contributed by atoms with Gasteiger partial charge in [0.25, 0.3) is 0 Å². The Labute approximate surface area is 182 Å². The first-order chi connectivity index (χ1) is 14.6. The fourth-order valence-corrected chi connectivity index (χ4v) is 2.91. The van der Waals surface area contributed by atoms with Gasteiger partial charge >= 0.3 is 12.0 Å². The summed E-state index contributed by atoms with van der Waals surface area (Å²) in [5, 5.41) is 11.0. The van der Waals surface area contributed by atoms with Crippen molar-refractivity contribution in [3.8, 4) is 0 Å². The Kier molecular flexibility index (Phi) is 11.0. The van der Waals surface area contributed by atoms with E-state index in [9.17, 15) is 19.2 Å². The van der Waals surface area contributed by atoms with Crippen LogP contribution in [-0.4, -0.2) is 49.5 Å². The molecule has 10 heteroatoms. The van der Waals surface area contributed by atoms with Crippen molar-refractivity contribution in [1.82, 2.24) is 16.0 Å². The normalized spacial score (nSPS) is 12.5. The Bertz CT molecular complexity index is 751. The van der Waals surface area contributed by atoms with Crippen LogP contribution in [0.15, 0.2) is 24.3 Å². The Hall–Kier alpha value is -3.14. The molecule has 0 radical (unpaired) electrons. The number of rotatable bonds is 12. The number of amides is 4. The van der Waals surface area contributed by atoms with Gasteiger partial charge in [-0.1, -0.05) is 26.0 Å². The van der Waals surface area contributed by atoms with Gasteiger partial charge in [-0.3, -0.25) is 14.4 Å². The molecule has 31 heavy (non-hydrogen) atoms. The number of carbonyl (C=O) groups is 4. The summed E-state index contributed by atoms with van der Waals surface area (Å²) >= 11 is 0. The molecule has 2 atom stereocenters. The van der Waals surface area contributed by atoms with Gasteiger partial charge in [-0.25, -0.2) is 4.79 Å². The molecule has 0 aliphatic carbocycles. The lowest BCUT2D eigenvalue weighted by Crippen LogP contribution is -2.52. The first kappa shape index (κ1) is 25.9.